The minimum Gasteiger partial charge on any atom is -0.343 e. The molecule has 5 heteroatoms. The van der Waals surface area contributed by atoms with Gasteiger partial charge in [0.15, 0.2) is 0 Å². The van der Waals surface area contributed by atoms with Crippen molar-refractivity contribution in [1.82, 2.24) is 4.90 Å². The van der Waals surface area contributed by atoms with E-state index in [9.17, 15) is 9.46 Å². The van der Waals surface area contributed by atoms with E-state index in [-0.39, 0.29) is 5.54 Å². The monoisotopic (exact) mass is 335 g/mol. The van der Waals surface area contributed by atoms with Gasteiger partial charge in [0.1, 0.15) is 0 Å². The molecule has 1 aromatic rings. The fraction of sp³-hybridized carbons (Fsp3) is 0.529. The third-order valence-corrected chi connectivity index (χ3v) is 7.32. The van der Waals surface area contributed by atoms with Crippen LogP contribution in [0.4, 0.5) is 0 Å². The number of hydrogen-bond acceptors (Lipinski definition) is 2. The first-order valence-electron chi connectivity index (χ1n) is 8.06. The van der Waals surface area contributed by atoms with Crippen LogP contribution in [0.15, 0.2) is 36.0 Å². The number of nitrogens with zero attached hydrogens (tertiary/aromatic N) is 1. The van der Waals surface area contributed by atoms with Crippen LogP contribution in [0.25, 0.3) is 6.08 Å². The molecule has 0 amide bonds. The maximum absolute atomic E-state index is 12.4. The van der Waals surface area contributed by atoms with Gasteiger partial charge < -0.3 is 4.89 Å². The molecule has 1 aliphatic rings. The average molecular weight is 335 g/mol. The average Bonchev–Trinajstić information content (AvgIpc) is 2.48. The number of rotatable bonds is 7. The Bertz CT molecular complexity index is 515. The summed E-state index contributed by atoms with van der Waals surface area (Å²) < 4.78 is 12.4. The molecule has 1 saturated heterocycles. The molecular formula is C17H26NO2PSi. The number of benzene rings is 1. The first kappa shape index (κ1) is 17.7. The molecule has 120 valence electrons. The molecular weight excluding hydrogens is 309 g/mol. The highest BCUT2D eigenvalue weighted by Crippen LogP contribution is 2.44. The largest absolute Gasteiger partial charge is 0.343 e. The van der Waals surface area contributed by atoms with E-state index >= 15 is 0 Å². The Labute approximate surface area is 136 Å². The molecule has 3 nitrogen and oxygen atoms in total. The molecule has 1 fully saturated rings. The predicted octanol–water partition coefficient (Wildman–Crippen LogP) is 3.88. The third-order valence-electron chi connectivity index (χ3n) is 3.88. The van der Waals surface area contributed by atoms with Crippen LogP contribution in [-0.4, -0.2) is 44.9 Å². The molecule has 0 spiro atoms. The highest BCUT2D eigenvalue weighted by Gasteiger charge is 2.25. The van der Waals surface area contributed by atoms with Gasteiger partial charge in [-0.05, 0) is 37.0 Å². The van der Waals surface area contributed by atoms with Gasteiger partial charge in [-0.2, -0.15) is 0 Å². The molecule has 2 radical (unpaired) electrons. The molecule has 2 unspecified atom stereocenters. The van der Waals surface area contributed by atoms with Crippen molar-refractivity contribution in [3.63, 3.8) is 0 Å². The maximum Gasteiger partial charge on any atom is 0.214 e. The second-order valence-electron chi connectivity index (χ2n) is 6.16. The summed E-state index contributed by atoms with van der Waals surface area (Å²) in [5, 5.41) is 0. The van der Waals surface area contributed by atoms with Crippen molar-refractivity contribution in [2.75, 3.05) is 25.5 Å². The second-order valence-corrected chi connectivity index (χ2v) is 10.2. The number of hydrogen-bond donors (Lipinski definition) is 1. The van der Waals surface area contributed by atoms with Gasteiger partial charge in [-0.3, -0.25) is 9.46 Å². The summed E-state index contributed by atoms with van der Waals surface area (Å²) in [4.78, 5) is 12.4. The maximum atomic E-state index is 12.4. The third kappa shape index (κ3) is 6.61. The van der Waals surface area contributed by atoms with E-state index in [2.05, 4.69) is 35.7 Å². The van der Waals surface area contributed by atoms with Crippen LogP contribution in [0.1, 0.15) is 31.7 Å². The molecule has 2 rings (SSSR count). The zero-order valence-corrected chi connectivity index (χ0v) is 15.2. The van der Waals surface area contributed by atoms with Crippen LogP contribution < -0.4 is 0 Å². The van der Waals surface area contributed by atoms with Crippen molar-refractivity contribution < 1.29 is 9.46 Å². The smallest absolute Gasteiger partial charge is 0.214 e. The Morgan fingerprint density at radius 2 is 1.95 bits per heavy atom. The van der Waals surface area contributed by atoms with E-state index in [0.29, 0.717) is 22.0 Å². The van der Waals surface area contributed by atoms with Crippen LogP contribution in [0, 0.1) is 0 Å². The standard InChI is InChI=1S/C17H26NO2PSi/c1-16(22-13-10-17-8-4-2-5-9-17)14-21(19,20)15-18-11-6-3-7-12-18/h2,4-5,8-10,13,16H,3,6-7,11-12,14-15H2,1H3,(H,19,20). The summed E-state index contributed by atoms with van der Waals surface area (Å²) in [7, 11) is -2.44. The van der Waals surface area contributed by atoms with Gasteiger partial charge in [-0.15, -0.1) is 0 Å². The zero-order valence-electron chi connectivity index (χ0n) is 13.3. The number of piperidine rings is 1. The summed E-state index contributed by atoms with van der Waals surface area (Å²) in [6.07, 6.45) is 6.50. The van der Waals surface area contributed by atoms with Crippen LogP contribution >= 0.6 is 7.37 Å². The van der Waals surface area contributed by atoms with Crippen molar-refractivity contribution in [3.8, 4) is 0 Å². The van der Waals surface area contributed by atoms with Gasteiger partial charge in [0.25, 0.3) is 0 Å². The molecule has 0 aromatic heterocycles. The van der Waals surface area contributed by atoms with Crippen molar-refractivity contribution >= 4 is 23.0 Å². The highest BCUT2D eigenvalue weighted by molar-refractivity contribution is 7.58. The second kappa shape index (κ2) is 8.83. The fourth-order valence-corrected chi connectivity index (χ4v) is 6.60. The van der Waals surface area contributed by atoms with Gasteiger partial charge in [0.05, 0.1) is 15.8 Å². The quantitative estimate of drug-likeness (QED) is 0.607. The van der Waals surface area contributed by atoms with Crippen LogP contribution in [-0.2, 0) is 4.57 Å². The SMILES string of the molecule is CC(CP(=O)(O)CN1CCCCC1)[Si]C=Cc1ccccc1. The van der Waals surface area contributed by atoms with Gasteiger partial charge in [0, 0.05) is 6.16 Å². The zero-order chi connectivity index (χ0) is 15.8. The predicted molar refractivity (Wildman–Crippen MR) is 95.6 cm³/mol. The van der Waals surface area contributed by atoms with E-state index < -0.39 is 7.37 Å². The van der Waals surface area contributed by atoms with Crippen molar-refractivity contribution in [1.29, 1.82) is 0 Å². The lowest BCUT2D eigenvalue weighted by atomic mass is 10.1. The van der Waals surface area contributed by atoms with Crippen molar-refractivity contribution in [2.24, 2.45) is 0 Å². The van der Waals surface area contributed by atoms with E-state index in [1.165, 1.54) is 12.0 Å². The van der Waals surface area contributed by atoms with Gasteiger partial charge in [-0.25, -0.2) is 0 Å². The topological polar surface area (TPSA) is 40.5 Å². The lowest BCUT2D eigenvalue weighted by Crippen LogP contribution is -2.31. The summed E-state index contributed by atoms with van der Waals surface area (Å²) in [6, 6.07) is 10.2. The van der Waals surface area contributed by atoms with E-state index in [0.717, 1.165) is 25.9 Å². The minimum atomic E-state index is -3.03. The summed E-state index contributed by atoms with van der Waals surface area (Å²) >= 11 is 0. The summed E-state index contributed by atoms with van der Waals surface area (Å²) in [6.45, 7) is 4.04. The Morgan fingerprint density at radius 3 is 2.64 bits per heavy atom. The van der Waals surface area contributed by atoms with Gasteiger partial charge >= 0.3 is 0 Å². The first-order chi connectivity index (χ1) is 10.6. The normalized spacial score (nSPS) is 20.8. The van der Waals surface area contributed by atoms with Crippen molar-refractivity contribution in [2.45, 2.75) is 31.7 Å². The fourth-order valence-electron chi connectivity index (χ4n) is 2.82. The molecule has 1 heterocycles. The lowest BCUT2D eigenvalue weighted by molar-refractivity contribution is 0.253. The molecule has 1 aromatic carbocycles. The molecule has 0 aliphatic carbocycles. The van der Waals surface area contributed by atoms with Gasteiger partial charge in [0.2, 0.25) is 7.37 Å². The van der Waals surface area contributed by atoms with E-state index in [4.69, 9.17) is 0 Å². The molecule has 0 bridgehead atoms. The van der Waals surface area contributed by atoms with Crippen LogP contribution in [0.2, 0.25) is 5.54 Å². The Balaban J connectivity index is 1.76. The molecule has 1 N–H and O–H groups in total. The van der Waals surface area contributed by atoms with Crippen molar-refractivity contribution in [3.05, 3.63) is 41.6 Å². The van der Waals surface area contributed by atoms with E-state index in [1.54, 1.807) is 0 Å². The Hall–Kier alpha value is -0.673. The molecule has 2 atom stereocenters. The highest BCUT2D eigenvalue weighted by atomic mass is 31.2. The minimum absolute atomic E-state index is 0.264. The van der Waals surface area contributed by atoms with Gasteiger partial charge in [-0.1, -0.05) is 55.5 Å². The van der Waals surface area contributed by atoms with Crippen LogP contribution in [0.5, 0.6) is 0 Å². The summed E-state index contributed by atoms with van der Waals surface area (Å²) in [5.41, 5.74) is 3.59. The Kier molecular flexibility index (Phi) is 7.09. The summed E-state index contributed by atoms with van der Waals surface area (Å²) in [5.74, 6) is 0. The lowest BCUT2D eigenvalue weighted by Gasteiger charge is -2.29. The molecule has 1 aliphatic heterocycles. The molecule has 22 heavy (non-hydrogen) atoms. The number of likely N-dealkylation sites (tertiary alicyclic amines) is 1. The van der Waals surface area contributed by atoms with Crippen LogP contribution in [0.3, 0.4) is 0 Å². The Morgan fingerprint density at radius 1 is 1.27 bits per heavy atom. The van der Waals surface area contributed by atoms with E-state index in [1.807, 2.05) is 18.2 Å². The first-order valence-corrected chi connectivity index (χ1v) is 11.2. The molecule has 0 saturated carbocycles.